The average molecular weight is 226 g/mol. The summed E-state index contributed by atoms with van der Waals surface area (Å²) >= 11 is 0. The van der Waals surface area contributed by atoms with E-state index in [4.69, 9.17) is 5.73 Å². The highest BCUT2D eigenvalue weighted by molar-refractivity contribution is 5.85. The zero-order valence-corrected chi connectivity index (χ0v) is 9.73. The van der Waals surface area contributed by atoms with Crippen molar-refractivity contribution < 1.29 is 0 Å². The van der Waals surface area contributed by atoms with Crippen LogP contribution in [0.1, 0.15) is 25.5 Å². The van der Waals surface area contributed by atoms with Crippen LogP contribution in [0.2, 0.25) is 0 Å². The SMILES string of the molecule is CC(C)C(N)c1cnn(C)c1.Cl.Cl. The van der Waals surface area contributed by atoms with E-state index in [-0.39, 0.29) is 30.9 Å². The largest absolute Gasteiger partial charge is 0.324 e. The first kappa shape index (κ1) is 15.2. The van der Waals surface area contributed by atoms with Gasteiger partial charge in [-0.1, -0.05) is 13.8 Å². The van der Waals surface area contributed by atoms with Crippen molar-refractivity contribution in [3.63, 3.8) is 0 Å². The van der Waals surface area contributed by atoms with Gasteiger partial charge in [-0.25, -0.2) is 0 Å². The summed E-state index contributed by atoms with van der Waals surface area (Å²) in [6.07, 6.45) is 3.79. The summed E-state index contributed by atoms with van der Waals surface area (Å²) in [5.41, 5.74) is 7.01. The fourth-order valence-electron chi connectivity index (χ4n) is 0.997. The molecule has 0 saturated carbocycles. The molecule has 0 spiro atoms. The highest BCUT2D eigenvalue weighted by atomic mass is 35.5. The van der Waals surface area contributed by atoms with Gasteiger partial charge in [0.25, 0.3) is 0 Å². The Hall–Kier alpha value is -0.250. The lowest BCUT2D eigenvalue weighted by Crippen LogP contribution is -2.15. The lowest BCUT2D eigenvalue weighted by Gasteiger charge is -2.12. The minimum Gasteiger partial charge on any atom is -0.324 e. The standard InChI is InChI=1S/C8H15N3.2ClH/c1-6(2)8(9)7-4-10-11(3)5-7;;/h4-6,8H,9H2,1-3H3;2*1H. The lowest BCUT2D eigenvalue weighted by atomic mass is 10.0. The molecule has 13 heavy (non-hydrogen) atoms. The van der Waals surface area contributed by atoms with Gasteiger partial charge in [-0.3, -0.25) is 4.68 Å². The van der Waals surface area contributed by atoms with Crippen LogP contribution in [0.25, 0.3) is 0 Å². The Morgan fingerprint density at radius 1 is 1.38 bits per heavy atom. The Balaban J connectivity index is 0. The average Bonchev–Trinajstić information content (AvgIpc) is 2.34. The molecule has 0 radical (unpaired) electrons. The molecular weight excluding hydrogens is 209 g/mol. The first-order chi connectivity index (χ1) is 5.11. The zero-order chi connectivity index (χ0) is 8.43. The molecule has 1 aromatic heterocycles. The molecule has 1 rings (SSSR count). The van der Waals surface area contributed by atoms with E-state index in [0.29, 0.717) is 5.92 Å². The maximum atomic E-state index is 5.90. The van der Waals surface area contributed by atoms with Crippen LogP contribution < -0.4 is 5.73 Å². The van der Waals surface area contributed by atoms with Crippen LogP contribution in [0.3, 0.4) is 0 Å². The molecule has 0 bridgehead atoms. The quantitative estimate of drug-likeness (QED) is 0.837. The summed E-state index contributed by atoms with van der Waals surface area (Å²) in [5, 5.41) is 4.06. The van der Waals surface area contributed by atoms with Crippen molar-refractivity contribution in [2.75, 3.05) is 0 Å². The summed E-state index contributed by atoms with van der Waals surface area (Å²) in [4.78, 5) is 0. The molecule has 0 saturated heterocycles. The van der Waals surface area contributed by atoms with Gasteiger partial charge < -0.3 is 5.73 Å². The molecule has 1 unspecified atom stereocenters. The van der Waals surface area contributed by atoms with E-state index < -0.39 is 0 Å². The Kier molecular flexibility index (Phi) is 7.31. The van der Waals surface area contributed by atoms with Gasteiger partial charge in [-0.05, 0) is 5.92 Å². The summed E-state index contributed by atoms with van der Waals surface area (Å²) < 4.78 is 1.78. The molecule has 1 heterocycles. The predicted octanol–water partition coefficient (Wildman–Crippen LogP) is 1.92. The van der Waals surface area contributed by atoms with Crippen molar-refractivity contribution in [3.05, 3.63) is 18.0 Å². The van der Waals surface area contributed by atoms with Crippen LogP contribution in [0, 0.1) is 5.92 Å². The third-order valence-corrected chi connectivity index (χ3v) is 1.83. The van der Waals surface area contributed by atoms with Crippen LogP contribution in [-0.4, -0.2) is 9.78 Å². The van der Waals surface area contributed by atoms with Crippen LogP contribution in [0.4, 0.5) is 0 Å². The van der Waals surface area contributed by atoms with Crippen molar-refractivity contribution in [3.8, 4) is 0 Å². The van der Waals surface area contributed by atoms with Gasteiger partial charge in [-0.15, -0.1) is 24.8 Å². The second-order valence-electron chi connectivity index (χ2n) is 3.22. The summed E-state index contributed by atoms with van der Waals surface area (Å²) in [6.45, 7) is 4.22. The third kappa shape index (κ3) is 3.98. The van der Waals surface area contributed by atoms with Gasteiger partial charge >= 0.3 is 0 Å². The van der Waals surface area contributed by atoms with E-state index in [1.165, 1.54) is 0 Å². The maximum absolute atomic E-state index is 5.90. The molecular formula is C8H17Cl2N3. The number of rotatable bonds is 2. The number of aromatic nitrogens is 2. The minimum absolute atomic E-state index is 0. The van der Waals surface area contributed by atoms with Gasteiger partial charge in [0.05, 0.1) is 6.20 Å². The predicted molar refractivity (Wildman–Crippen MR) is 59.5 cm³/mol. The molecule has 0 aliphatic carbocycles. The van der Waals surface area contributed by atoms with Crippen molar-refractivity contribution in [2.24, 2.45) is 18.7 Å². The Morgan fingerprint density at radius 3 is 2.23 bits per heavy atom. The fourth-order valence-corrected chi connectivity index (χ4v) is 0.997. The molecule has 3 nitrogen and oxygen atoms in total. The Morgan fingerprint density at radius 2 is 1.92 bits per heavy atom. The van der Waals surface area contributed by atoms with Crippen LogP contribution >= 0.6 is 24.8 Å². The van der Waals surface area contributed by atoms with Gasteiger partial charge in [0.15, 0.2) is 0 Å². The van der Waals surface area contributed by atoms with Gasteiger partial charge in [0.2, 0.25) is 0 Å². The summed E-state index contributed by atoms with van der Waals surface area (Å²) in [6, 6.07) is 0.115. The number of nitrogens with two attached hydrogens (primary N) is 1. The number of aryl methyl sites for hydroxylation is 1. The van der Waals surface area contributed by atoms with E-state index >= 15 is 0 Å². The zero-order valence-electron chi connectivity index (χ0n) is 8.10. The Labute approximate surface area is 91.5 Å². The molecule has 0 aliphatic rings. The molecule has 0 aromatic carbocycles. The molecule has 1 atom stereocenters. The molecule has 0 aliphatic heterocycles. The van der Waals surface area contributed by atoms with Crippen LogP contribution in [0.5, 0.6) is 0 Å². The van der Waals surface area contributed by atoms with Crippen molar-refractivity contribution >= 4 is 24.8 Å². The first-order valence-corrected chi connectivity index (χ1v) is 3.85. The highest BCUT2D eigenvalue weighted by Gasteiger charge is 2.11. The molecule has 1 aromatic rings. The summed E-state index contributed by atoms with van der Waals surface area (Å²) in [5.74, 6) is 0.471. The van der Waals surface area contributed by atoms with E-state index in [9.17, 15) is 0 Å². The van der Waals surface area contributed by atoms with E-state index in [2.05, 4.69) is 18.9 Å². The van der Waals surface area contributed by atoms with E-state index in [0.717, 1.165) is 5.56 Å². The topological polar surface area (TPSA) is 43.8 Å². The van der Waals surface area contributed by atoms with Gasteiger partial charge in [0, 0.05) is 24.8 Å². The number of hydrogen-bond acceptors (Lipinski definition) is 2. The molecule has 0 amide bonds. The first-order valence-electron chi connectivity index (χ1n) is 3.85. The third-order valence-electron chi connectivity index (χ3n) is 1.83. The monoisotopic (exact) mass is 225 g/mol. The minimum atomic E-state index is 0. The lowest BCUT2D eigenvalue weighted by molar-refractivity contribution is 0.514. The normalized spacial score (nSPS) is 11.8. The molecule has 0 fully saturated rings. The molecule has 5 heteroatoms. The highest BCUT2D eigenvalue weighted by Crippen LogP contribution is 2.16. The van der Waals surface area contributed by atoms with E-state index in [1.54, 1.807) is 4.68 Å². The van der Waals surface area contributed by atoms with E-state index in [1.807, 2.05) is 19.4 Å². The molecule has 78 valence electrons. The number of halogens is 2. The van der Waals surface area contributed by atoms with Crippen LogP contribution in [0.15, 0.2) is 12.4 Å². The smallest absolute Gasteiger partial charge is 0.0537 e. The maximum Gasteiger partial charge on any atom is 0.0537 e. The van der Waals surface area contributed by atoms with Crippen LogP contribution in [-0.2, 0) is 7.05 Å². The number of hydrogen-bond donors (Lipinski definition) is 1. The molecule has 2 N–H and O–H groups in total. The van der Waals surface area contributed by atoms with Gasteiger partial charge in [0.1, 0.15) is 0 Å². The summed E-state index contributed by atoms with van der Waals surface area (Å²) in [7, 11) is 1.90. The van der Waals surface area contributed by atoms with Crippen molar-refractivity contribution in [1.82, 2.24) is 9.78 Å². The van der Waals surface area contributed by atoms with Crippen molar-refractivity contribution in [1.29, 1.82) is 0 Å². The fraction of sp³-hybridized carbons (Fsp3) is 0.625. The second kappa shape index (κ2) is 6.24. The second-order valence-corrected chi connectivity index (χ2v) is 3.22. The Bertz CT molecular complexity index is 235. The van der Waals surface area contributed by atoms with Crippen molar-refractivity contribution in [2.45, 2.75) is 19.9 Å². The number of nitrogens with zero attached hydrogens (tertiary/aromatic N) is 2. The van der Waals surface area contributed by atoms with Gasteiger partial charge in [-0.2, -0.15) is 5.10 Å².